The summed E-state index contributed by atoms with van der Waals surface area (Å²) in [4.78, 5) is 0. The van der Waals surface area contributed by atoms with Crippen molar-refractivity contribution in [1.29, 1.82) is 5.26 Å². The van der Waals surface area contributed by atoms with Gasteiger partial charge in [0.2, 0.25) is 5.88 Å². The van der Waals surface area contributed by atoms with Crippen LogP contribution >= 0.6 is 38.5 Å². The lowest BCUT2D eigenvalue weighted by Crippen LogP contribution is -2.21. The molecular formula is C25H20BrIN2O4. The molecule has 0 fully saturated rings. The number of benzene rings is 3. The lowest BCUT2D eigenvalue weighted by molar-refractivity contribution is 0.267. The molecule has 3 aromatic rings. The second kappa shape index (κ2) is 9.93. The predicted octanol–water partition coefficient (Wildman–Crippen LogP) is 5.96. The van der Waals surface area contributed by atoms with Crippen LogP contribution in [-0.2, 0) is 6.61 Å². The second-order valence-electron chi connectivity index (χ2n) is 7.33. The van der Waals surface area contributed by atoms with Crippen molar-refractivity contribution >= 4 is 38.5 Å². The van der Waals surface area contributed by atoms with E-state index in [4.69, 9.17) is 19.9 Å². The zero-order valence-electron chi connectivity index (χ0n) is 17.6. The van der Waals surface area contributed by atoms with Crippen LogP contribution < -0.4 is 19.9 Å². The average molecular weight is 619 g/mol. The van der Waals surface area contributed by atoms with Gasteiger partial charge < -0.3 is 25.1 Å². The number of phenolic OH excluding ortho intramolecular Hbond substituents is 1. The fourth-order valence-electron chi connectivity index (χ4n) is 3.68. The molecule has 0 radical (unpaired) electrons. The Hall–Kier alpha value is -2.90. The molecule has 0 bridgehead atoms. The van der Waals surface area contributed by atoms with Crippen LogP contribution in [0.15, 0.2) is 70.5 Å². The van der Waals surface area contributed by atoms with Crippen LogP contribution in [0, 0.1) is 14.9 Å². The first-order chi connectivity index (χ1) is 15.9. The molecule has 0 amide bonds. The van der Waals surface area contributed by atoms with Crippen molar-refractivity contribution in [1.82, 2.24) is 0 Å². The minimum Gasteiger partial charge on any atom is -0.508 e. The molecule has 0 aliphatic carbocycles. The smallest absolute Gasteiger partial charge is 0.205 e. The molecule has 33 heavy (non-hydrogen) atoms. The number of nitrogens with zero attached hydrogens (tertiary/aromatic N) is 1. The standard InChI is InChI=1S/C25H20BrIN2O4/c1-2-31-22-10-15(9-20(27)24(22)32-13-14-3-5-16(26)6-4-14)23-18-8-7-17(30)11-21(18)33-25(29)19(23)12-28/h3-11,23,30H,2,13,29H2,1H3/t23-/m0/s1. The maximum absolute atomic E-state index is 9.87. The minimum absolute atomic E-state index is 0.0177. The van der Waals surface area contributed by atoms with Gasteiger partial charge in [0.05, 0.1) is 16.1 Å². The number of hydrogen-bond acceptors (Lipinski definition) is 6. The Morgan fingerprint density at radius 2 is 1.91 bits per heavy atom. The van der Waals surface area contributed by atoms with Gasteiger partial charge in [0.15, 0.2) is 11.5 Å². The minimum atomic E-state index is -0.465. The van der Waals surface area contributed by atoms with Crippen LogP contribution in [-0.4, -0.2) is 11.7 Å². The molecule has 1 heterocycles. The lowest BCUT2D eigenvalue weighted by atomic mass is 9.83. The lowest BCUT2D eigenvalue weighted by Gasteiger charge is -2.27. The van der Waals surface area contributed by atoms with Crippen LogP contribution in [0.5, 0.6) is 23.0 Å². The summed E-state index contributed by atoms with van der Waals surface area (Å²) >= 11 is 5.65. The van der Waals surface area contributed by atoms with Crippen molar-refractivity contribution in [2.75, 3.05) is 6.61 Å². The first-order valence-electron chi connectivity index (χ1n) is 10.1. The molecule has 1 aliphatic heterocycles. The fraction of sp³-hybridized carbons (Fsp3) is 0.160. The summed E-state index contributed by atoms with van der Waals surface area (Å²) in [5.41, 5.74) is 8.94. The number of ether oxygens (including phenoxy) is 3. The Balaban J connectivity index is 1.75. The van der Waals surface area contributed by atoms with E-state index >= 15 is 0 Å². The molecule has 4 rings (SSSR count). The highest BCUT2D eigenvalue weighted by Crippen LogP contribution is 2.46. The van der Waals surface area contributed by atoms with Gasteiger partial charge in [-0.15, -0.1) is 0 Å². The highest BCUT2D eigenvalue weighted by Gasteiger charge is 2.32. The second-order valence-corrected chi connectivity index (χ2v) is 9.40. The number of nitrogens with two attached hydrogens (primary N) is 1. The number of aromatic hydroxyl groups is 1. The van der Waals surface area contributed by atoms with Gasteiger partial charge in [-0.3, -0.25) is 0 Å². The van der Waals surface area contributed by atoms with E-state index in [9.17, 15) is 10.4 Å². The van der Waals surface area contributed by atoms with Crippen LogP contribution in [0.2, 0.25) is 0 Å². The molecule has 0 saturated carbocycles. The number of fused-ring (bicyclic) bond motifs is 1. The summed E-state index contributed by atoms with van der Waals surface area (Å²) in [6.45, 7) is 2.75. The number of hydrogen-bond donors (Lipinski definition) is 2. The monoisotopic (exact) mass is 618 g/mol. The zero-order valence-corrected chi connectivity index (χ0v) is 21.4. The van der Waals surface area contributed by atoms with Crippen molar-refractivity contribution in [3.8, 4) is 29.1 Å². The molecule has 168 valence electrons. The van der Waals surface area contributed by atoms with Gasteiger partial charge in [0.25, 0.3) is 0 Å². The summed E-state index contributed by atoms with van der Waals surface area (Å²) in [5, 5.41) is 19.7. The Morgan fingerprint density at radius 3 is 2.61 bits per heavy atom. The van der Waals surface area contributed by atoms with E-state index in [0.29, 0.717) is 36.0 Å². The van der Waals surface area contributed by atoms with Gasteiger partial charge in [-0.05, 0) is 71.0 Å². The van der Waals surface area contributed by atoms with Crippen molar-refractivity contribution in [2.45, 2.75) is 19.4 Å². The van der Waals surface area contributed by atoms with Gasteiger partial charge in [-0.1, -0.05) is 34.1 Å². The normalized spacial score (nSPS) is 14.8. The first-order valence-corrected chi connectivity index (χ1v) is 12.0. The molecule has 0 unspecified atom stereocenters. The molecule has 3 N–H and O–H groups in total. The summed E-state index contributed by atoms with van der Waals surface area (Å²) in [7, 11) is 0. The molecule has 6 nitrogen and oxygen atoms in total. The first kappa shape index (κ1) is 23.3. The molecule has 8 heteroatoms. The van der Waals surface area contributed by atoms with E-state index in [-0.39, 0.29) is 11.6 Å². The zero-order chi connectivity index (χ0) is 23.5. The SMILES string of the molecule is CCOc1cc([C@@H]2C(C#N)=C(N)Oc3cc(O)ccc32)cc(I)c1OCc1ccc(Br)cc1. The highest BCUT2D eigenvalue weighted by atomic mass is 127. The van der Waals surface area contributed by atoms with E-state index in [1.165, 1.54) is 6.07 Å². The van der Waals surface area contributed by atoms with Gasteiger partial charge >= 0.3 is 0 Å². The Morgan fingerprint density at radius 1 is 1.15 bits per heavy atom. The van der Waals surface area contributed by atoms with Crippen LogP contribution in [0.3, 0.4) is 0 Å². The molecule has 3 aromatic carbocycles. The third kappa shape index (κ3) is 4.89. The maximum atomic E-state index is 9.87. The number of rotatable bonds is 6. The van der Waals surface area contributed by atoms with Crippen molar-refractivity contribution < 1.29 is 19.3 Å². The molecule has 0 aromatic heterocycles. The number of halogens is 2. The number of phenols is 1. The predicted molar refractivity (Wildman–Crippen MR) is 136 cm³/mol. The Labute approximate surface area is 213 Å². The van der Waals surface area contributed by atoms with Crippen LogP contribution in [0.1, 0.15) is 29.5 Å². The molecule has 1 aliphatic rings. The third-order valence-electron chi connectivity index (χ3n) is 5.16. The van der Waals surface area contributed by atoms with Crippen molar-refractivity contribution in [3.05, 3.63) is 90.8 Å². The topological polar surface area (TPSA) is 97.7 Å². The van der Waals surface area contributed by atoms with E-state index in [1.807, 2.05) is 43.3 Å². The van der Waals surface area contributed by atoms with Crippen LogP contribution in [0.25, 0.3) is 0 Å². The summed E-state index contributed by atoms with van der Waals surface area (Å²) in [6.07, 6.45) is 0. The molecular weight excluding hydrogens is 599 g/mol. The highest BCUT2D eigenvalue weighted by molar-refractivity contribution is 14.1. The largest absolute Gasteiger partial charge is 0.508 e. The van der Waals surface area contributed by atoms with Gasteiger partial charge in [-0.25, -0.2) is 0 Å². The number of allylic oxidation sites excluding steroid dienone is 1. The summed E-state index contributed by atoms with van der Waals surface area (Å²) < 4.78 is 19.5. The van der Waals surface area contributed by atoms with Gasteiger partial charge in [0.1, 0.15) is 29.7 Å². The van der Waals surface area contributed by atoms with E-state index in [2.05, 4.69) is 44.6 Å². The van der Waals surface area contributed by atoms with Crippen molar-refractivity contribution in [2.24, 2.45) is 5.73 Å². The average Bonchev–Trinajstić information content (AvgIpc) is 2.78. The van der Waals surface area contributed by atoms with Gasteiger partial charge in [-0.2, -0.15) is 5.26 Å². The fourth-order valence-corrected chi connectivity index (χ4v) is 4.73. The summed E-state index contributed by atoms with van der Waals surface area (Å²) in [6, 6.07) is 18.7. The van der Waals surface area contributed by atoms with Gasteiger partial charge in [0, 0.05) is 16.1 Å². The Kier molecular flexibility index (Phi) is 7.00. The van der Waals surface area contributed by atoms with Crippen molar-refractivity contribution in [3.63, 3.8) is 0 Å². The quantitative estimate of drug-likeness (QED) is 0.331. The molecule has 0 saturated heterocycles. The molecule has 1 atom stereocenters. The van der Waals surface area contributed by atoms with E-state index < -0.39 is 5.92 Å². The van der Waals surface area contributed by atoms with E-state index in [0.717, 1.165) is 24.7 Å². The Bertz CT molecular complexity index is 1270. The van der Waals surface area contributed by atoms with Crippen LogP contribution in [0.4, 0.5) is 0 Å². The molecule has 0 spiro atoms. The maximum Gasteiger partial charge on any atom is 0.205 e. The summed E-state index contributed by atoms with van der Waals surface area (Å²) in [5.74, 6) is 1.25. The third-order valence-corrected chi connectivity index (χ3v) is 6.49. The number of nitriles is 1. The van der Waals surface area contributed by atoms with E-state index in [1.54, 1.807) is 12.1 Å².